The van der Waals surface area contributed by atoms with Crippen molar-refractivity contribution in [1.82, 2.24) is 5.32 Å². The molecule has 1 unspecified atom stereocenters. The van der Waals surface area contributed by atoms with Gasteiger partial charge in [0.05, 0.1) is 6.61 Å². The van der Waals surface area contributed by atoms with Gasteiger partial charge in [0, 0.05) is 6.04 Å². The molecule has 3 nitrogen and oxygen atoms in total. The summed E-state index contributed by atoms with van der Waals surface area (Å²) in [7, 11) is 0. The first-order valence-electron chi connectivity index (χ1n) is 3.35. The van der Waals surface area contributed by atoms with Crippen LogP contribution in [0, 0.1) is 0 Å². The van der Waals surface area contributed by atoms with Gasteiger partial charge in [0.25, 0.3) is 0 Å². The van der Waals surface area contributed by atoms with E-state index in [4.69, 9.17) is 9.84 Å². The van der Waals surface area contributed by atoms with E-state index in [1.165, 1.54) is 12.8 Å². The molecule has 1 saturated heterocycles. The quantitative estimate of drug-likeness (QED) is 0.517. The highest BCUT2D eigenvalue weighted by molar-refractivity contribution is 4.72. The Morgan fingerprint density at radius 1 is 1.67 bits per heavy atom. The van der Waals surface area contributed by atoms with E-state index in [-0.39, 0.29) is 6.79 Å². The summed E-state index contributed by atoms with van der Waals surface area (Å²) in [6, 6.07) is 0.483. The molecule has 1 aliphatic heterocycles. The van der Waals surface area contributed by atoms with E-state index in [1.54, 1.807) is 0 Å². The zero-order chi connectivity index (χ0) is 6.53. The van der Waals surface area contributed by atoms with Crippen molar-refractivity contribution in [3.05, 3.63) is 0 Å². The maximum absolute atomic E-state index is 8.28. The van der Waals surface area contributed by atoms with Gasteiger partial charge in [-0.3, -0.25) is 0 Å². The fourth-order valence-corrected chi connectivity index (χ4v) is 1.09. The third-order valence-electron chi connectivity index (χ3n) is 1.57. The number of aliphatic hydroxyl groups is 1. The van der Waals surface area contributed by atoms with E-state index < -0.39 is 0 Å². The van der Waals surface area contributed by atoms with Gasteiger partial charge in [-0.15, -0.1) is 0 Å². The van der Waals surface area contributed by atoms with Crippen molar-refractivity contribution >= 4 is 0 Å². The van der Waals surface area contributed by atoms with Crippen LogP contribution < -0.4 is 5.32 Å². The second kappa shape index (κ2) is 3.82. The molecule has 0 aromatic rings. The molecule has 0 bridgehead atoms. The maximum Gasteiger partial charge on any atom is 0.143 e. The highest BCUT2D eigenvalue weighted by atomic mass is 16.6. The number of aliphatic hydroxyl groups excluding tert-OH is 1. The van der Waals surface area contributed by atoms with Gasteiger partial charge in [0.2, 0.25) is 0 Å². The van der Waals surface area contributed by atoms with Crippen LogP contribution in [0.15, 0.2) is 0 Å². The molecular weight excluding hydrogens is 118 g/mol. The highest BCUT2D eigenvalue weighted by Crippen LogP contribution is 2.04. The molecule has 0 radical (unpaired) electrons. The third-order valence-corrected chi connectivity index (χ3v) is 1.57. The van der Waals surface area contributed by atoms with Gasteiger partial charge in [-0.1, -0.05) is 0 Å². The molecular formula is C6H13NO2. The Hall–Kier alpha value is -0.120. The van der Waals surface area contributed by atoms with Crippen LogP contribution >= 0.6 is 0 Å². The van der Waals surface area contributed by atoms with Gasteiger partial charge in [0.1, 0.15) is 6.79 Å². The minimum absolute atomic E-state index is 0.155. The summed E-state index contributed by atoms with van der Waals surface area (Å²) in [5.41, 5.74) is 0. The maximum atomic E-state index is 8.28. The summed E-state index contributed by atoms with van der Waals surface area (Å²) < 4.78 is 4.81. The smallest absolute Gasteiger partial charge is 0.143 e. The molecule has 54 valence electrons. The molecule has 0 spiro atoms. The Morgan fingerprint density at radius 2 is 2.56 bits per heavy atom. The van der Waals surface area contributed by atoms with Gasteiger partial charge in [-0.2, -0.15) is 0 Å². The zero-order valence-corrected chi connectivity index (χ0v) is 5.47. The van der Waals surface area contributed by atoms with Crippen molar-refractivity contribution in [3.8, 4) is 0 Å². The Labute approximate surface area is 55.0 Å². The summed E-state index contributed by atoms with van der Waals surface area (Å²) in [5.74, 6) is 0. The molecule has 3 heteroatoms. The summed E-state index contributed by atoms with van der Waals surface area (Å²) in [4.78, 5) is 0. The average Bonchev–Trinajstić information content (AvgIpc) is 2.34. The number of nitrogens with one attached hydrogen (secondary N) is 1. The Kier molecular flexibility index (Phi) is 2.97. The van der Waals surface area contributed by atoms with Crippen molar-refractivity contribution < 1.29 is 9.84 Å². The van der Waals surface area contributed by atoms with E-state index >= 15 is 0 Å². The van der Waals surface area contributed by atoms with E-state index in [0.717, 1.165) is 6.54 Å². The Bertz CT molecular complexity index is 71.5. The number of rotatable bonds is 3. The first kappa shape index (κ1) is 6.99. The minimum Gasteiger partial charge on any atom is -0.371 e. The summed E-state index contributed by atoms with van der Waals surface area (Å²) in [6.07, 6.45) is 2.42. The first-order valence-corrected chi connectivity index (χ1v) is 3.35. The molecule has 0 aliphatic carbocycles. The molecule has 0 aromatic carbocycles. The molecule has 9 heavy (non-hydrogen) atoms. The lowest BCUT2D eigenvalue weighted by Gasteiger charge is -2.07. The molecule has 1 aliphatic rings. The SMILES string of the molecule is OCOCC1CCCN1. The predicted octanol–water partition coefficient (Wildman–Crippen LogP) is -0.295. The second-order valence-corrected chi connectivity index (χ2v) is 2.29. The second-order valence-electron chi connectivity index (χ2n) is 2.29. The van der Waals surface area contributed by atoms with Crippen molar-refractivity contribution in [3.63, 3.8) is 0 Å². The van der Waals surface area contributed by atoms with Crippen LogP contribution in [0.1, 0.15) is 12.8 Å². The van der Waals surface area contributed by atoms with Crippen molar-refractivity contribution in [2.24, 2.45) is 0 Å². The largest absolute Gasteiger partial charge is 0.371 e. The molecule has 1 atom stereocenters. The minimum atomic E-state index is -0.155. The van der Waals surface area contributed by atoms with Gasteiger partial charge in [-0.25, -0.2) is 0 Å². The van der Waals surface area contributed by atoms with Crippen molar-refractivity contribution in [2.45, 2.75) is 18.9 Å². The van der Waals surface area contributed by atoms with E-state index in [2.05, 4.69) is 5.32 Å². The van der Waals surface area contributed by atoms with Crippen LogP contribution in [0.3, 0.4) is 0 Å². The van der Waals surface area contributed by atoms with Crippen LogP contribution in [0.25, 0.3) is 0 Å². The number of ether oxygens (including phenoxy) is 1. The standard InChI is InChI=1S/C6H13NO2/c8-5-9-4-6-2-1-3-7-6/h6-8H,1-5H2. The first-order chi connectivity index (χ1) is 4.43. The lowest BCUT2D eigenvalue weighted by molar-refractivity contribution is -0.00898. The van der Waals surface area contributed by atoms with E-state index in [9.17, 15) is 0 Å². The third kappa shape index (κ3) is 2.30. The topological polar surface area (TPSA) is 41.5 Å². The normalized spacial score (nSPS) is 27.0. The van der Waals surface area contributed by atoms with Gasteiger partial charge in [0.15, 0.2) is 0 Å². The Morgan fingerprint density at radius 3 is 3.11 bits per heavy atom. The van der Waals surface area contributed by atoms with Gasteiger partial charge >= 0.3 is 0 Å². The van der Waals surface area contributed by atoms with Crippen LogP contribution in [0.5, 0.6) is 0 Å². The predicted molar refractivity (Wildman–Crippen MR) is 34.1 cm³/mol. The monoisotopic (exact) mass is 131 g/mol. The summed E-state index contributed by atoms with van der Waals surface area (Å²) in [5, 5.41) is 11.5. The van der Waals surface area contributed by atoms with Crippen LogP contribution in [0.4, 0.5) is 0 Å². The van der Waals surface area contributed by atoms with Crippen LogP contribution in [0.2, 0.25) is 0 Å². The molecule has 0 aromatic heterocycles. The Balaban J connectivity index is 1.98. The zero-order valence-electron chi connectivity index (χ0n) is 5.47. The van der Waals surface area contributed by atoms with E-state index in [0.29, 0.717) is 12.6 Å². The summed E-state index contributed by atoms with van der Waals surface area (Å²) in [6.45, 7) is 1.59. The molecule has 1 heterocycles. The summed E-state index contributed by atoms with van der Waals surface area (Å²) >= 11 is 0. The number of hydrogen-bond donors (Lipinski definition) is 2. The molecule has 1 rings (SSSR count). The van der Waals surface area contributed by atoms with Crippen molar-refractivity contribution in [1.29, 1.82) is 0 Å². The lowest BCUT2D eigenvalue weighted by Crippen LogP contribution is -2.26. The van der Waals surface area contributed by atoms with Gasteiger partial charge in [-0.05, 0) is 19.4 Å². The lowest BCUT2D eigenvalue weighted by atomic mass is 10.2. The number of hydrogen-bond acceptors (Lipinski definition) is 3. The van der Waals surface area contributed by atoms with Crippen LogP contribution in [-0.2, 0) is 4.74 Å². The van der Waals surface area contributed by atoms with Crippen LogP contribution in [-0.4, -0.2) is 31.1 Å². The van der Waals surface area contributed by atoms with Crippen molar-refractivity contribution in [2.75, 3.05) is 19.9 Å². The molecule has 0 amide bonds. The van der Waals surface area contributed by atoms with Gasteiger partial charge < -0.3 is 15.2 Å². The molecule has 1 fully saturated rings. The molecule has 2 N–H and O–H groups in total. The fraction of sp³-hybridized carbons (Fsp3) is 1.00. The van der Waals surface area contributed by atoms with E-state index in [1.807, 2.05) is 0 Å². The highest BCUT2D eigenvalue weighted by Gasteiger charge is 2.12. The fourth-order valence-electron chi connectivity index (χ4n) is 1.09. The average molecular weight is 131 g/mol. The molecule has 0 saturated carbocycles.